The quantitative estimate of drug-likeness (QED) is 0.891. The van der Waals surface area contributed by atoms with Crippen LogP contribution in [-0.4, -0.2) is 9.97 Å². The number of nitriles is 1. The van der Waals surface area contributed by atoms with E-state index in [4.69, 9.17) is 16.9 Å². The number of rotatable bonds is 2. The summed E-state index contributed by atoms with van der Waals surface area (Å²) in [4.78, 5) is 7.69. The van der Waals surface area contributed by atoms with E-state index in [9.17, 15) is 0 Å². The molecule has 1 aromatic heterocycles. The van der Waals surface area contributed by atoms with Crippen LogP contribution in [0.1, 0.15) is 25.4 Å². The molecule has 3 nitrogen and oxygen atoms in total. The molecule has 0 saturated heterocycles. The Balaban J connectivity index is 2.56. The van der Waals surface area contributed by atoms with Gasteiger partial charge in [-0.1, -0.05) is 29.8 Å². The molecule has 18 heavy (non-hydrogen) atoms. The third kappa shape index (κ3) is 2.12. The van der Waals surface area contributed by atoms with Crippen molar-refractivity contribution in [3.63, 3.8) is 0 Å². The van der Waals surface area contributed by atoms with Gasteiger partial charge in [0.2, 0.25) is 0 Å². The van der Waals surface area contributed by atoms with Crippen LogP contribution >= 0.6 is 11.6 Å². The Morgan fingerprint density at radius 3 is 2.61 bits per heavy atom. The summed E-state index contributed by atoms with van der Waals surface area (Å²) in [6.07, 6.45) is 0. The predicted molar refractivity (Wildman–Crippen MR) is 72.4 cm³/mol. The van der Waals surface area contributed by atoms with Gasteiger partial charge in [0.05, 0.1) is 16.8 Å². The predicted octanol–water partition coefficient (Wildman–Crippen LogP) is 3.84. The molecule has 2 aromatic rings. The highest BCUT2D eigenvalue weighted by Gasteiger charge is 2.25. The summed E-state index contributed by atoms with van der Waals surface area (Å²) in [5, 5.41) is 9.80. The standard InChI is InChI=1S/C14H14ClN3/c1-9-12(10-6-4-5-7-11(10)15)18-13(17-9)14(2,3)8-16/h4-7H,1-3H3,(H,17,18). The number of aryl methyl sites for hydroxylation is 1. The lowest BCUT2D eigenvalue weighted by Crippen LogP contribution is -2.15. The number of hydrogen-bond donors (Lipinski definition) is 1. The first-order valence-corrected chi connectivity index (χ1v) is 6.07. The normalized spacial score (nSPS) is 11.3. The second kappa shape index (κ2) is 4.47. The van der Waals surface area contributed by atoms with E-state index in [0.717, 1.165) is 17.0 Å². The van der Waals surface area contributed by atoms with Crippen molar-refractivity contribution in [2.24, 2.45) is 0 Å². The first kappa shape index (κ1) is 12.7. The second-order valence-electron chi connectivity index (χ2n) is 4.78. The van der Waals surface area contributed by atoms with E-state index in [1.165, 1.54) is 0 Å². The molecule has 0 aliphatic rings. The van der Waals surface area contributed by atoms with E-state index in [1.54, 1.807) is 0 Å². The van der Waals surface area contributed by atoms with Gasteiger partial charge in [-0.25, -0.2) is 4.98 Å². The Bertz CT molecular complexity index is 620. The van der Waals surface area contributed by atoms with Gasteiger partial charge >= 0.3 is 0 Å². The van der Waals surface area contributed by atoms with Gasteiger partial charge < -0.3 is 4.98 Å². The molecule has 0 aliphatic heterocycles. The minimum Gasteiger partial charge on any atom is -0.344 e. The van der Waals surface area contributed by atoms with Gasteiger partial charge in [0.15, 0.2) is 0 Å². The van der Waals surface area contributed by atoms with Crippen LogP contribution < -0.4 is 0 Å². The Morgan fingerprint density at radius 1 is 1.33 bits per heavy atom. The third-order valence-corrected chi connectivity index (χ3v) is 3.21. The number of imidazole rings is 1. The molecular weight excluding hydrogens is 246 g/mol. The number of hydrogen-bond acceptors (Lipinski definition) is 2. The van der Waals surface area contributed by atoms with Gasteiger partial charge in [0.25, 0.3) is 0 Å². The summed E-state index contributed by atoms with van der Waals surface area (Å²) < 4.78 is 0. The SMILES string of the molecule is Cc1[nH]c(C(C)(C)C#N)nc1-c1ccccc1Cl. The minimum absolute atomic E-state index is 0.635. The highest BCUT2D eigenvalue weighted by molar-refractivity contribution is 6.33. The zero-order valence-electron chi connectivity index (χ0n) is 10.6. The summed E-state index contributed by atoms with van der Waals surface area (Å²) in [5.41, 5.74) is 1.97. The minimum atomic E-state index is -0.635. The van der Waals surface area contributed by atoms with Crippen LogP contribution in [0.5, 0.6) is 0 Å². The van der Waals surface area contributed by atoms with Crippen LogP contribution in [0, 0.1) is 18.3 Å². The number of aromatic nitrogens is 2. The molecule has 2 rings (SSSR count). The van der Waals surface area contributed by atoms with E-state index in [1.807, 2.05) is 45.0 Å². The topological polar surface area (TPSA) is 52.5 Å². The molecule has 0 atom stereocenters. The Morgan fingerprint density at radius 2 is 2.00 bits per heavy atom. The smallest absolute Gasteiger partial charge is 0.126 e. The molecule has 0 bridgehead atoms. The number of H-pyrrole nitrogens is 1. The average molecular weight is 260 g/mol. The molecule has 92 valence electrons. The average Bonchev–Trinajstić information content (AvgIpc) is 2.73. The summed E-state index contributed by atoms with van der Waals surface area (Å²) in [7, 11) is 0. The molecule has 0 amide bonds. The highest BCUT2D eigenvalue weighted by Crippen LogP contribution is 2.30. The first-order valence-electron chi connectivity index (χ1n) is 5.69. The van der Waals surface area contributed by atoms with Gasteiger partial charge in [-0.05, 0) is 26.8 Å². The summed E-state index contributed by atoms with van der Waals surface area (Å²) in [6, 6.07) is 9.80. The van der Waals surface area contributed by atoms with Gasteiger partial charge in [-0.3, -0.25) is 0 Å². The van der Waals surface area contributed by atoms with Crippen molar-refractivity contribution in [3.8, 4) is 17.3 Å². The number of halogens is 1. The summed E-state index contributed by atoms with van der Waals surface area (Å²) in [5.74, 6) is 0.664. The van der Waals surface area contributed by atoms with E-state index in [0.29, 0.717) is 10.8 Å². The fraction of sp³-hybridized carbons (Fsp3) is 0.286. The molecule has 1 N–H and O–H groups in total. The Kier molecular flexibility index (Phi) is 3.14. The van der Waals surface area contributed by atoms with Crippen molar-refractivity contribution < 1.29 is 0 Å². The zero-order chi connectivity index (χ0) is 13.3. The lowest BCUT2D eigenvalue weighted by molar-refractivity contribution is 0.638. The van der Waals surface area contributed by atoms with Gasteiger partial charge in [-0.15, -0.1) is 0 Å². The van der Waals surface area contributed by atoms with Gasteiger partial charge in [0.1, 0.15) is 11.2 Å². The number of nitrogens with one attached hydrogen (secondary N) is 1. The van der Waals surface area contributed by atoms with Crippen LogP contribution in [0.4, 0.5) is 0 Å². The maximum atomic E-state index is 9.14. The van der Waals surface area contributed by atoms with E-state index < -0.39 is 5.41 Å². The third-order valence-electron chi connectivity index (χ3n) is 2.89. The van der Waals surface area contributed by atoms with Crippen molar-refractivity contribution in [2.45, 2.75) is 26.2 Å². The van der Waals surface area contributed by atoms with E-state index in [2.05, 4.69) is 16.0 Å². The van der Waals surface area contributed by atoms with Crippen molar-refractivity contribution in [1.29, 1.82) is 5.26 Å². The molecule has 0 unspecified atom stereocenters. The fourth-order valence-corrected chi connectivity index (χ4v) is 1.95. The van der Waals surface area contributed by atoms with Crippen molar-refractivity contribution in [1.82, 2.24) is 9.97 Å². The summed E-state index contributed by atoms with van der Waals surface area (Å²) in [6.45, 7) is 5.60. The fourth-order valence-electron chi connectivity index (χ4n) is 1.72. The molecule has 0 fully saturated rings. The zero-order valence-corrected chi connectivity index (χ0v) is 11.3. The van der Waals surface area contributed by atoms with Crippen molar-refractivity contribution in [2.75, 3.05) is 0 Å². The molecule has 0 spiro atoms. The first-order chi connectivity index (χ1) is 8.45. The Labute approximate surface area is 111 Å². The maximum absolute atomic E-state index is 9.14. The van der Waals surface area contributed by atoms with Crippen LogP contribution in [0.2, 0.25) is 5.02 Å². The second-order valence-corrected chi connectivity index (χ2v) is 5.18. The monoisotopic (exact) mass is 259 g/mol. The van der Waals surface area contributed by atoms with Crippen LogP contribution in [-0.2, 0) is 5.41 Å². The molecular formula is C14H14ClN3. The van der Waals surface area contributed by atoms with Gasteiger partial charge in [0, 0.05) is 11.3 Å². The number of benzene rings is 1. The van der Waals surface area contributed by atoms with Crippen LogP contribution in [0.25, 0.3) is 11.3 Å². The molecule has 1 heterocycles. The largest absolute Gasteiger partial charge is 0.344 e. The molecule has 0 saturated carbocycles. The van der Waals surface area contributed by atoms with E-state index in [-0.39, 0.29) is 0 Å². The lowest BCUT2D eigenvalue weighted by Gasteiger charge is -2.10. The maximum Gasteiger partial charge on any atom is 0.126 e. The molecule has 4 heteroatoms. The van der Waals surface area contributed by atoms with E-state index >= 15 is 0 Å². The number of nitrogens with zero attached hydrogens (tertiary/aromatic N) is 2. The van der Waals surface area contributed by atoms with Crippen LogP contribution in [0.15, 0.2) is 24.3 Å². The Hall–Kier alpha value is -1.79. The highest BCUT2D eigenvalue weighted by atomic mass is 35.5. The number of aromatic amines is 1. The molecule has 0 aliphatic carbocycles. The van der Waals surface area contributed by atoms with Crippen LogP contribution in [0.3, 0.4) is 0 Å². The van der Waals surface area contributed by atoms with Gasteiger partial charge in [-0.2, -0.15) is 5.26 Å². The molecule has 1 aromatic carbocycles. The summed E-state index contributed by atoms with van der Waals surface area (Å²) >= 11 is 6.17. The molecule has 0 radical (unpaired) electrons. The lowest BCUT2D eigenvalue weighted by atomic mass is 9.95. The van der Waals surface area contributed by atoms with Crippen molar-refractivity contribution >= 4 is 11.6 Å². The van der Waals surface area contributed by atoms with Crippen molar-refractivity contribution in [3.05, 3.63) is 40.8 Å².